The van der Waals surface area contributed by atoms with Crippen LogP contribution in [0.4, 0.5) is 0 Å². The first-order valence-electron chi connectivity index (χ1n) is 5.42. The predicted octanol–water partition coefficient (Wildman–Crippen LogP) is 1.79. The van der Waals surface area contributed by atoms with E-state index in [9.17, 15) is 5.11 Å². The molecule has 2 aromatic rings. The van der Waals surface area contributed by atoms with E-state index >= 15 is 0 Å². The first kappa shape index (κ1) is 11.1. The molecule has 4 nitrogen and oxygen atoms in total. The third-order valence-electron chi connectivity index (χ3n) is 2.64. The Bertz CT molecular complexity index is 453. The Kier molecular flexibility index (Phi) is 3.54. The highest BCUT2D eigenvalue weighted by Gasteiger charge is 2.12. The molecule has 0 saturated carbocycles. The number of aliphatic hydroxyl groups excluding tert-OH is 1. The largest absolute Gasteiger partial charge is 0.388 e. The van der Waals surface area contributed by atoms with Crippen molar-refractivity contribution < 1.29 is 9.84 Å². The summed E-state index contributed by atoms with van der Waals surface area (Å²) in [6, 6.07) is 5.82. The molecule has 0 radical (unpaired) electrons. The molecule has 0 aliphatic heterocycles. The van der Waals surface area contributed by atoms with Gasteiger partial charge in [-0.1, -0.05) is 6.07 Å². The molecule has 0 bridgehead atoms. The molecule has 0 fully saturated rings. The number of aliphatic hydroxyl groups is 1. The topological polar surface area (TPSA) is 46.8 Å². The molecule has 2 heterocycles. The minimum absolute atomic E-state index is 0.463. The average Bonchev–Trinajstić information content (AvgIpc) is 2.73. The number of pyridine rings is 1. The lowest BCUT2D eigenvalue weighted by atomic mass is 10.1. The summed E-state index contributed by atoms with van der Waals surface area (Å²) in [6.07, 6.45) is 4.69. The molecule has 86 valence electrons. The van der Waals surface area contributed by atoms with Gasteiger partial charge in [-0.2, -0.15) is 5.10 Å². The summed E-state index contributed by atoms with van der Waals surface area (Å²) in [5.74, 6) is 0. The third-order valence-corrected chi connectivity index (χ3v) is 2.64. The highest BCUT2D eigenvalue weighted by molar-refractivity contribution is 5.54. The van der Waals surface area contributed by atoms with E-state index in [-0.39, 0.29) is 0 Å². The Balaban J connectivity index is 2.13. The molecule has 2 aromatic heterocycles. The molecular weight excluding hydrogens is 204 g/mol. The van der Waals surface area contributed by atoms with Crippen LogP contribution >= 0.6 is 0 Å². The SMILES string of the molecule is COCCCC(O)c1cnn2ccccc12. The lowest BCUT2D eigenvalue weighted by molar-refractivity contribution is 0.137. The molecule has 0 spiro atoms. The van der Waals surface area contributed by atoms with Crippen molar-refractivity contribution in [2.45, 2.75) is 18.9 Å². The second-order valence-electron chi connectivity index (χ2n) is 3.78. The first-order valence-corrected chi connectivity index (χ1v) is 5.42. The number of rotatable bonds is 5. The molecule has 1 atom stereocenters. The van der Waals surface area contributed by atoms with Gasteiger partial charge in [-0.05, 0) is 25.0 Å². The fraction of sp³-hybridized carbons (Fsp3) is 0.417. The number of ether oxygens (including phenoxy) is 1. The molecule has 0 aliphatic carbocycles. The summed E-state index contributed by atoms with van der Waals surface area (Å²) in [7, 11) is 1.67. The van der Waals surface area contributed by atoms with Crippen LogP contribution in [-0.2, 0) is 4.74 Å². The van der Waals surface area contributed by atoms with Crippen LogP contribution in [-0.4, -0.2) is 28.4 Å². The third kappa shape index (κ3) is 2.23. The summed E-state index contributed by atoms with van der Waals surface area (Å²) < 4.78 is 6.74. The lowest BCUT2D eigenvalue weighted by Gasteiger charge is -2.08. The van der Waals surface area contributed by atoms with Crippen molar-refractivity contribution in [3.05, 3.63) is 36.2 Å². The van der Waals surface area contributed by atoms with Gasteiger partial charge in [-0.15, -0.1) is 0 Å². The molecular formula is C12H16N2O2. The Morgan fingerprint density at radius 3 is 3.19 bits per heavy atom. The second kappa shape index (κ2) is 5.09. The number of hydrogen-bond donors (Lipinski definition) is 1. The van der Waals surface area contributed by atoms with Crippen molar-refractivity contribution in [1.82, 2.24) is 9.61 Å². The van der Waals surface area contributed by atoms with Gasteiger partial charge in [0, 0.05) is 25.5 Å². The number of methoxy groups -OCH3 is 1. The van der Waals surface area contributed by atoms with E-state index in [1.807, 2.05) is 24.4 Å². The standard InChI is InChI=1S/C12H16N2O2/c1-16-8-4-6-12(15)10-9-13-14-7-3-2-5-11(10)14/h2-3,5,7,9,12,15H,4,6,8H2,1H3. The molecule has 0 aliphatic rings. The lowest BCUT2D eigenvalue weighted by Crippen LogP contribution is -1.99. The zero-order chi connectivity index (χ0) is 11.4. The number of aromatic nitrogens is 2. The Labute approximate surface area is 94.5 Å². The van der Waals surface area contributed by atoms with Gasteiger partial charge >= 0.3 is 0 Å². The highest BCUT2D eigenvalue weighted by atomic mass is 16.5. The number of nitrogens with zero attached hydrogens (tertiary/aromatic N) is 2. The number of fused-ring (bicyclic) bond motifs is 1. The van der Waals surface area contributed by atoms with E-state index in [1.54, 1.807) is 17.8 Å². The quantitative estimate of drug-likeness (QED) is 0.781. The van der Waals surface area contributed by atoms with Crippen molar-refractivity contribution in [3.8, 4) is 0 Å². The van der Waals surface area contributed by atoms with E-state index in [2.05, 4.69) is 5.10 Å². The van der Waals surface area contributed by atoms with Crippen molar-refractivity contribution in [3.63, 3.8) is 0 Å². The molecule has 0 saturated heterocycles. The number of hydrogen-bond acceptors (Lipinski definition) is 3. The van der Waals surface area contributed by atoms with Crippen LogP contribution in [0.1, 0.15) is 24.5 Å². The van der Waals surface area contributed by atoms with Crippen LogP contribution in [0.15, 0.2) is 30.6 Å². The summed E-state index contributed by atoms with van der Waals surface area (Å²) in [6.45, 7) is 0.677. The molecule has 2 rings (SSSR count). The average molecular weight is 220 g/mol. The second-order valence-corrected chi connectivity index (χ2v) is 3.78. The summed E-state index contributed by atoms with van der Waals surface area (Å²) in [5, 5.41) is 14.2. The molecule has 0 aromatic carbocycles. The normalized spacial score (nSPS) is 13.1. The maximum atomic E-state index is 10.0. The monoisotopic (exact) mass is 220 g/mol. The smallest absolute Gasteiger partial charge is 0.0827 e. The van der Waals surface area contributed by atoms with E-state index in [4.69, 9.17) is 4.74 Å². The minimum atomic E-state index is -0.463. The predicted molar refractivity (Wildman–Crippen MR) is 61.3 cm³/mol. The fourth-order valence-corrected chi connectivity index (χ4v) is 1.79. The van der Waals surface area contributed by atoms with Crippen molar-refractivity contribution in [2.75, 3.05) is 13.7 Å². The van der Waals surface area contributed by atoms with Gasteiger partial charge in [-0.25, -0.2) is 4.52 Å². The Morgan fingerprint density at radius 2 is 2.38 bits per heavy atom. The van der Waals surface area contributed by atoms with E-state index < -0.39 is 6.10 Å². The van der Waals surface area contributed by atoms with Crippen molar-refractivity contribution in [2.24, 2.45) is 0 Å². The van der Waals surface area contributed by atoms with Gasteiger partial charge in [0.05, 0.1) is 17.8 Å². The van der Waals surface area contributed by atoms with Gasteiger partial charge in [0.25, 0.3) is 0 Å². The van der Waals surface area contributed by atoms with Crippen LogP contribution in [0, 0.1) is 0 Å². The van der Waals surface area contributed by atoms with Crippen LogP contribution in [0.3, 0.4) is 0 Å². The van der Waals surface area contributed by atoms with Gasteiger partial charge in [-0.3, -0.25) is 0 Å². The van der Waals surface area contributed by atoms with Crippen LogP contribution in [0.2, 0.25) is 0 Å². The zero-order valence-electron chi connectivity index (χ0n) is 9.34. The van der Waals surface area contributed by atoms with E-state index in [1.165, 1.54) is 0 Å². The van der Waals surface area contributed by atoms with Crippen LogP contribution in [0.5, 0.6) is 0 Å². The summed E-state index contributed by atoms with van der Waals surface area (Å²) >= 11 is 0. The molecule has 1 N–H and O–H groups in total. The van der Waals surface area contributed by atoms with Gasteiger partial charge in [0.1, 0.15) is 0 Å². The zero-order valence-corrected chi connectivity index (χ0v) is 9.34. The summed E-state index contributed by atoms with van der Waals surface area (Å²) in [5.41, 5.74) is 1.85. The maximum absolute atomic E-state index is 10.0. The van der Waals surface area contributed by atoms with Crippen LogP contribution in [0.25, 0.3) is 5.52 Å². The summed E-state index contributed by atoms with van der Waals surface area (Å²) in [4.78, 5) is 0. The first-order chi connectivity index (χ1) is 7.83. The Morgan fingerprint density at radius 1 is 1.50 bits per heavy atom. The van der Waals surface area contributed by atoms with Crippen molar-refractivity contribution in [1.29, 1.82) is 0 Å². The molecule has 16 heavy (non-hydrogen) atoms. The van der Waals surface area contributed by atoms with E-state index in [0.717, 1.165) is 17.5 Å². The fourth-order valence-electron chi connectivity index (χ4n) is 1.79. The van der Waals surface area contributed by atoms with E-state index in [0.29, 0.717) is 13.0 Å². The Hall–Kier alpha value is -1.39. The molecule has 0 amide bonds. The highest BCUT2D eigenvalue weighted by Crippen LogP contribution is 2.22. The van der Waals surface area contributed by atoms with Crippen LogP contribution < -0.4 is 0 Å². The van der Waals surface area contributed by atoms with Gasteiger partial charge < -0.3 is 9.84 Å². The van der Waals surface area contributed by atoms with Crippen molar-refractivity contribution >= 4 is 5.52 Å². The van der Waals surface area contributed by atoms with Gasteiger partial charge in [0.2, 0.25) is 0 Å². The minimum Gasteiger partial charge on any atom is -0.388 e. The van der Waals surface area contributed by atoms with Gasteiger partial charge in [0.15, 0.2) is 0 Å². The molecule has 1 unspecified atom stereocenters. The molecule has 4 heteroatoms. The maximum Gasteiger partial charge on any atom is 0.0827 e.